The number of rotatable bonds is 2. The van der Waals surface area contributed by atoms with Crippen LogP contribution in [0.2, 0.25) is 0 Å². The standard InChI is InChI=1S/C30H19NO2S2/c32-29-21-15-18-7-1-2-8-19(18)16-22(21)30(33)23(29)17-20-13-14-28(34-20)31-24-9-3-5-11-26(24)35-27-12-6-4-10-25(27)31/h1-17,29,32H/b23-17+. The van der Waals surface area contributed by atoms with Crippen LogP contribution in [0, 0.1) is 0 Å². The smallest absolute Gasteiger partial charge is 0.192 e. The van der Waals surface area contributed by atoms with Gasteiger partial charge in [-0.05, 0) is 70.9 Å². The van der Waals surface area contributed by atoms with Crippen molar-refractivity contribution < 1.29 is 9.90 Å². The molecule has 0 spiro atoms. The number of hydrogen-bond acceptors (Lipinski definition) is 5. The maximum Gasteiger partial charge on any atom is 0.192 e. The highest BCUT2D eigenvalue weighted by Crippen LogP contribution is 2.52. The molecule has 1 aliphatic carbocycles. The summed E-state index contributed by atoms with van der Waals surface area (Å²) in [6.07, 6.45) is 0.933. The van der Waals surface area contributed by atoms with Crippen molar-refractivity contribution in [3.8, 4) is 0 Å². The number of aliphatic hydroxyl groups is 1. The van der Waals surface area contributed by atoms with Gasteiger partial charge in [0.1, 0.15) is 11.1 Å². The summed E-state index contributed by atoms with van der Waals surface area (Å²) in [6.45, 7) is 0. The number of hydrogen-bond donors (Lipinski definition) is 1. The van der Waals surface area contributed by atoms with Gasteiger partial charge in [-0.1, -0.05) is 60.3 Å². The maximum absolute atomic E-state index is 13.3. The van der Waals surface area contributed by atoms with Crippen molar-refractivity contribution in [1.82, 2.24) is 0 Å². The predicted octanol–water partition coefficient (Wildman–Crippen LogP) is 8.15. The first-order valence-electron chi connectivity index (χ1n) is 11.4. The van der Waals surface area contributed by atoms with E-state index in [0.29, 0.717) is 16.7 Å². The van der Waals surface area contributed by atoms with Gasteiger partial charge in [-0.15, -0.1) is 11.3 Å². The second-order valence-corrected chi connectivity index (χ2v) is 10.8. The molecule has 2 heterocycles. The molecule has 168 valence electrons. The van der Waals surface area contributed by atoms with E-state index in [0.717, 1.165) is 32.0 Å². The number of Topliss-reactive ketones (excluding diaryl/α,β-unsaturated/α-hetero) is 1. The zero-order valence-corrected chi connectivity index (χ0v) is 20.1. The van der Waals surface area contributed by atoms with Crippen LogP contribution >= 0.6 is 23.1 Å². The molecule has 5 aromatic rings. The Morgan fingerprint density at radius 1 is 0.771 bits per heavy atom. The molecule has 7 rings (SSSR count). The summed E-state index contributed by atoms with van der Waals surface area (Å²) in [4.78, 5) is 18.9. The summed E-state index contributed by atoms with van der Waals surface area (Å²) in [5.74, 6) is -0.0988. The van der Waals surface area contributed by atoms with Gasteiger partial charge in [0.05, 0.1) is 11.4 Å². The molecule has 3 nitrogen and oxygen atoms in total. The number of para-hydroxylation sites is 2. The van der Waals surface area contributed by atoms with Crippen LogP contribution in [0.1, 0.15) is 26.9 Å². The van der Waals surface area contributed by atoms with Crippen molar-refractivity contribution >= 4 is 62.1 Å². The number of carbonyl (C=O) groups excluding carboxylic acids is 1. The van der Waals surface area contributed by atoms with Crippen LogP contribution in [0.5, 0.6) is 0 Å². The molecule has 0 radical (unpaired) electrons. The van der Waals surface area contributed by atoms with E-state index in [1.165, 1.54) is 9.79 Å². The van der Waals surface area contributed by atoms with Crippen LogP contribution in [0.3, 0.4) is 0 Å². The Labute approximate surface area is 211 Å². The molecule has 1 unspecified atom stereocenters. The highest BCUT2D eigenvalue weighted by atomic mass is 32.2. The lowest BCUT2D eigenvalue weighted by molar-refractivity contribution is 0.102. The molecule has 2 aliphatic rings. The number of benzene rings is 4. The summed E-state index contributed by atoms with van der Waals surface area (Å²) in [5.41, 5.74) is 4.00. The SMILES string of the molecule is O=C1/C(=C/c2ccc(N3c4ccccc4Sc4ccccc43)s2)C(O)c2cc3ccccc3cc21. The lowest BCUT2D eigenvalue weighted by Crippen LogP contribution is -2.13. The van der Waals surface area contributed by atoms with Crippen LogP contribution in [0.15, 0.2) is 112 Å². The monoisotopic (exact) mass is 489 g/mol. The average molecular weight is 490 g/mol. The minimum absolute atomic E-state index is 0.0988. The van der Waals surface area contributed by atoms with Gasteiger partial charge in [-0.25, -0.2) is 0 Å². The van der Waals surface area contributed by atoms with Crippen molar-refractivity contribution in [2.24, 2.45) is 0 Å². The molecule has 1 N–H and O–H groups in total. The van der Waals surface area contributed by atoms with Crippen molar-refractivity contribution in [3.63, 3.8) is 0 Å². The summed E-state index contributed by atoms with van der Waals surface area (Å²) in [7, 11) is 0. The van der Waals surface area contributed by atoms with Crippen LogP contribution in [-0.4, -0.2) is 10.9 Å². The molecule has 4 aromatic carbocycles. The molecule has 1 aromatic heterocycles. The van der Waals surface area contributed by atoms with Crippen LogP contribution in [-0.2, 0) is 0 Å². The van der Waals surface area contributed by atoms with Gasteiger partial charge < -0.3 is 5.11 Å². The van der Waals surface area contributed by atoms with Gasteiger partial charge in [0.15, 0.2) is 5.78 Å². The first-order chi connectivity index (χ1) is 17.2. The van der Waals surface area contributed by atoms with Gasteiger partial charge in [0, 0.05) is 25.8 Å². The summed E-state index contributed by atoms with van der Waals surface area (Å²) >= 11 is 3.40. The fourth-order valence-corrected chi connectivity index (χ4v) is 6.95. The molecule has 0 fully saturated rings. The third-order valence-electron chi connectivity index (χ3n) is 6.58. The zero-order chi connectivity index (χ0) is 23.5. The molecule has 0 saturated carbocycles. The quantitative estimate of drug-likeness (QED) is 0.249. The lowest BCUT2D eigenvalue weighted by Gasteiger charge is -2.31. The van der Waals surface area contributed by atoms with E-state index in [2.05, 4.69) is 59.5 Å². The van der Waals surface area contributed by atoms with E-state index in [9.17, 15) is 9.90 Å². The Kier molecular flexibility index (Phi) is 4.71. The van der Waals surface area contributed by atoms with Crippen LogP contribution in [0.4, 0.5) is 16.4 Å². The van der Waals surface area contributed by atoms with Gasteiger partial charge in [-0.3, -0.25) is 9.69 Å². The Balaban J connectivity index is 1.29. The topological polar surface area (TPSA) is 40.5 Å². The molecule has 0 saturated heterocycles. The average Bonchev–Trinajstić information content (AvgIpc) is 3.44. The molecule has 1 aliphatic heterocycles. The normalized spacial score (nSPS) is 17.5. The molecule has 0 amide bonds. The van der Waals surface area contributed by atoms with Crippen molar-refractivity contribution in [3.05, 3.63) is 119 Å². The van der Waals surface area contributed by atoms with E-state index in [1.54, 1.807) is 23.1 Å². The number of carbonyl (C=O) groups is 1. The summed E-state index contributed by atoms with van der Waals surface area (Å²) in [5, 5.41) is 14.2. The van der Waals surface area contributed by atoms with Crippen molar-refractivity contribution in [2.45, 2.75) is 15.9 Å². The Morgan fingerprint density at radius 3 is 2.11 bits per heavy atom. The van der Waals surface area contributed by atoms with Crippen LogP contribution in [0.25, 0.3) is 16.8 Å². The van der Waals surface area contributed by atoms with Gasteiger partial charge in [0.25, 0.3) is 0 Å². The van der Waals surface area contributed by atoms with E-state index < -0.39 is 6.10 Å². The second kappa shape index (κ2) is 7.95. The van der Waals surface area contributed by atoms with E-state index >= 15 is 0 Å². The van der Waals surface area contributed by atoms with E-state index in [-0.39, 0.29) is 5.78 Å². The molecule has 35 heavy (non-hydrogen) atoms. The first-order valence-corrected chi connectivity index (χ1v) is 13.0. The molecule has 1 atom stereocenters. The minimum Gasteiger partial charge on any atom is -0.383 e. The van der Waals surface area contributed by atoms with Crippen molar-refractivity contribution in [2.75, 3.05) is 4.90 Å². The number of anilines is 3. The third kappa shape index (κ3) is 3.27. The first kappa shape index (κ1) is 20.7. The largest absolute Gasteiger partial charge is 0.383 e. The number of thiophene rings is 1. The summed E-state index contributed by atoms with van der Waals surface area (Å²) < 4.78 is 0. The highest BCUT2D eigenvalue weighted by Gasteiger charge is 2.34. The third-order valence-corrected chi connectivity index (χ3v) is 8.72. The Bertz CT molecular complexity index is 1640. The number of aliphatic hydroxyl groups excluding tert-OH is 1. The maximum atomic E-state index is 13.3. The molecular formula is C30H19NO2S2. The van der Waals surface area contributed by atoms with E-state index in [4.69, 9.17) is 0 Å². The minimum atomic E-state index is -0.916. The van der Waals surface area contributed by atoms with Gasteiger partial charge in [-0.2, -0.15) is 0 Å². The fourth-order valence-electron chi connectivity index (χ4n) is 4.91. The number of fused-ring (bicyclic) bond motifs is 4. The number of ketones is 1. The Morgan fingerprint density at radius 2 is 1.40 bits per heavy atom. The number of nitrogens with zero attached hydrogens (tertiary/aromatic N) is 1. The molecule has 5 heteroatoms. The predicted molar refractivity (Wildman–Crippen MR) is 144 cm³/mol. The fraction of sp³-hybridized carbons (Fsp3) is 0.0333. The van der Waals surface area contributed by atoms with Crippen molar-refractivity contribution in [1.29, 1.82) is 0 Å². The molecular weight excluding hydrogens is 470 g/mol. The second-order valence-electron chi connectivity index (χ2n) is 8.67. The van der Waals surface area contributed by atoms with Gasteiger partial charge in [0.2, 0.25) is 0 Å². The summed E-state index contributed by atoms with van der Waals surface area (Å²) in [6, 6.07) is 32.7. The zero-order valence-electron chi connectivity index (χ0n) is 18.5. The highest BCUT2D eigenvalue weighted by molar-refractivity contribution is 7.99. The van der Waals surface area contributed by atoms with Crippen LogP contribution < -0.4 is 4.90 Å². The van der Waals surface area contributed by atoms with Gasteiger partial charge >= 0.3 is 0 Å². The lowest BCUT2D eigenvalue weighted by atomic mass is 10.0. The molecule has 0 bridgehead atoms. The Hall–Kier alpha value is -3.64. The van der Waals surface area contributed by atoms with E-state index in [1.807, 2.05) is 48.5 Å².